The van der Waals surface area contributed by atoms with Crippen LogP contribution in [0.2, 0.25) is 0 Å². The SMILES string of the molecule is COC1CCCN(C(=O)NC(C)c2ccc(N3CCOCC3)cc2)C1. The summed E-state index contributed by atoms with van der Waals surface area (Å²) < 4.78 is 10.8. The molecular formula is C19H29N3O3. The maximum Gasteiger partial charge on any atom is 0.317 e. The number of nitrogens with one attached hydrogen (secondary N) is 1. The van der Waals surface area contributed by atoms with E-state index in [4.69, 9.17) is 9.47 Å². The van der Waals surface area contributed by atoms with Gasteiger partial charge in [-0.1, -0.05) is 12.1 Å². The first-order valence-electron chi connectivity index (χ1n) is 9.18. The van der Waals surface area contributed by atoms with Gasteiger partial charge in [-0.3, -0.25) is 0 Å². The van der Waals surface area contributed by atoms with Crippen molar-refractivity contribution in [2.45, 2.75) is 31.9 Å². The molecule has 138 valence electrons. The first-order valence-corrected chi connectivity index (χ1v) is 9.18. The minimum absolute atomic E-state index is 0.00786. The molecule has 0 saturated carbocycles. The lowest BCUT2D eigenvalue weighted by atomic mass is 10.1. The third-order valence-corrected chi connectivity index (χ3v) is 5.11. The molecule has 3 rings (SSSR count). The normalized spacial score (nSPS) is 22.6. The van der Waals surface area contributed by atoms with Gasteiger partial charge in [0.2, 0.25) is 0 Å². The summed E-state index contributed by atoms with van der Waals surface area (Å²) in [6, 6.07) is 8.44. The second-order valence-electron chi connectivity index (χ2n) is 6.81. The van der Waals surface area contributed by atoms with Crippen molar-refractivity contribution in [2.24, 2.45) is 0 Å². The Morgan fingerprint density at radius 1 is 1.24 bits per heavy atom. The number of rotatable bonds is 4. The van der Waals surface area contributed by atoms with Crippen LogP contribution in [-0.2, 0) is 9.47 Å². The molecule has 0 aromatic heterocycles. The van der Waals surface area contributed by atoms with Gasteiger partial charge < -0.3 is 24.6 Å². The molecule has 1 aromatic carbocycles. The van der Waals surface area contributed by atoms with Crippen molar-refractivity contribution in [1.82, 2.24) is 10.2 Å². The third kappa shape index (κ3) is 4.64. The lowest BCUT2D eigenvalue weighted by molar-refractivity contribution is 0.0431. The van der Waals surface area contributed by atoms with E-state index in [0.717, 1.165) is 51.3 Å². The molecule has 2 fully saturated rings. The van der Waals surface area contributed by atoms with E-state index in [1.54, 1.807) is 7.11 Å². The molecule has 2 aliphatic heterocycles. The van der Waals surface area contributed by atoms with Crippen LogP contribution in [0.3, 0.4) is 0 Å². The van der Waals surface area contributed by atoms with Gasteiger partial charge in [-0.2, -0.15) is 0 Å². The summed E-state index contributed by atoms with van der Waals surface area (Å²) in [4.78, 5) is 16.7. The highest BCUT2D eigenvalue weighted by atomic mass is 16.5. The summed E-state index contributed by atoms with van der Waals surface area (Å²) in [6.45, 7) is 6.93. The molecule has 1 N–H and O–H groups in total. The average Bonchev–Trinajstić information content (AvgIpc) is 2.68. The van der Waals surface area contributed by atoms with E-state index in [9.17, 15) is 4.79 Å². The predicted molar refractivity (Wildman–Crippen MR) is 98.0 cm³/mol. The number of benzene rings is 1. The first-order chi connectivity index (χ1) is 12.2. The van der Waals surface area contributed by atoms with Gasteiger partial charge in [0.15, 0.2) is 0 Å². The average molecular weight is 347 g/mol. The Bertz CT molecular complexity index is 558. The van der Waals surface area contributed by atoms with Crippen molar-refractivity contribution in [1.29, 1.82) is 0 Å². The van der Waals surface area contributed by atoms with Crippen LogP contribution in [0.5, 0.6) is 0 Å². The summed E-state index contributed by atoms with van der Waals surface area (Å²) in [5, 5.41) is 3.11. The molecule has 2 saturated heterocycles. The Hall–Kier alpha value is -1.79. The van der Waals surface area contributed by atoms with E-state index in [0.29, 0.717) is 6.54 Å². The van der Waals surface area contributed by atoms with E-state index in [2.05, 4.69) is 34.5 Å². The van der Waals surface area contributed by atoms with E-state index < -0.39 is 0 Å². The highest BCUT2D eigenvalue weighted by Gasteiger charge is 2.24. The molecule has 0 radical (unpaired) electrons. The number of nitrogens with zero attached hydrogens (tertiary/aromatic N) is 2. The fraction of sp³-hybridized carbons (Fsp3) is 0.632. The number of methoxy groups -OCH3 is 1. The number of hydrogen-bond donors (Lipinski definition) is 1. The van der Waals surface area contributed by atoms with Crippen LogP contribution in [0, 0.1) is 0 Å². The van der Waals surface area contributed by atoms with Gasteiger partial charge in [0.1, 0.15) is 0 Å². The number of hydrogen-bond acceptors (Lipinski definition) is 4. The molecule has 0 bridgehead atoms. The van der Waals surface area contributed by atoms with E-state index >= 15 is 0 Å². The van der Waals surface area contributed by atoms with E-state index in [1.807, 2.05) is 11.8 Å². The van der Waals surface area contributed by atoms with Crippen LogP contribution >= 0.6 is 0 Å². The van der Waals surface area contributed by atoms with Crippen LogP contribution in [0.4, 0.5) is 10.5 Å². The van der Waals surface area contributed by atoms with Crippen LogP contribution in [0.15, 0.2) is 24.3 Å². The van der Waals surface area contributed by atoms with Crippen molar-refractivity contribution in [2.75, 3.05) is 51.4 Å². The Morgan fingerprint density at radius 2 is 1.96 bits per heavy atom. The Morgan fingerprint density at radius 3 is 2.64 bits per heavy atom. The highest BCUT2D eigenvalue weighted by molar-refractivity contribution is 5.75. The van der Waals surface area contributed by atoms with Gasteiger partial charge >= 0.3 is 6.03 Å². The molecule has 2 amide bonds. The summed E-state index contributed by atoms with van der Waals surface area (Å²) in [7, 11) is 1.71. The summed E-state index contributed by atoms with van der Waals surface area (Å²) in [5.74, 6) is 0. The van der Waals surface area contributed by atoms with E-state index in [1.165, 1.54) is 5.69 Å². The van der Waals surface area contributed by atoms with Gasteiger partial charge in [-0.05, 0) is 37.5 Å². The minimum atomic E-state index is -0.0193. The maximum absolute atomic E-state index is 12.5. The van der Waals surface area contributed by atoms with Gasteiger partial charge in [0.05, 0.1) is 25.4 Å². The number of urea groups is 1. The molecule has 0 spiro atoms. The second-order valence-corrected chi connectivity index (χ2v) is 6.81. The molecule has 1 aromatic rings. The lowest BCUT2D eigenvalue weighted by Crippen LogP contribution is -2.48. The van der Waals surface area contributed by atoms with Crippen molar-refractivity contribution in [3.8, 4) is 0 Å². The minimum Gasteiger partial charge on any atom is -0.380 e. The largest absolute Gasteiger partial charge is 0.380 e. The number of amides is 2. The van der Waals surface area contributed by atoms with Crippen LogP contribution in [0.25, 0.3) is 0 Å². The van der Waals surface area contributed by atoms with Gasteiger partial charge in [-0.25, -0.2) is 4.79 Å². The molecule has 0 aliphatic carbocycles. The molecular weight excluding hydrogens is 318 g/mol. The number of carbonyl (C=O) groups excluding carboxylic acids is 1. The van der Waals surface area contributed by atoms with Gasteiger partial charge in [0.25, 0.3) is 0 Å². The van der Waals surface area contributed by atoms with Gasteiger partial charge in [0, 0.05) is 39.0 Å². The monoisotopic (exact) mass is 347 g/mol. The number of likely N-dealkylation sites (tertiary alicyclic amines) is 1. The third-order valence-electron chi connectivity index (χ3n) is 5.11. The van der Waals surface area contributed by atoms with Crippen molar-refractivity contribution in [3.05, 3.63) is 29.8 Å². The molecule has 2 unspecified atom stereocenters. The summed E-state index contributed by atoms with van der Waals surface area (Å²) >= 11 is 0. The second kappa shape index (κ2) is 8.54. The summed E-state index contributed by atoms with van der Waals surface area (Å²) in [6.07, 6.45) is 2.18. The van der Waals surface area contributed by atoms with Gasteiger partial charge in [-0.15, -0.1) is 0 Å². The zero-order valence-corrected chi connectivity index (χ0v) is 15.2. The first kappa shape index (κ1) is 18.0. The zero-order chi connectivity index (χ0) is 17.6. The molecule has 2 aliphatic rings. The topological polar surface area (TPSA) is 54.0 Å². The molecule has 2 atom stereocenters. The fourth-order valence-electron chi connectivity index (χ4n) is 3.47. The molecule has 6 heteroatoms. The van der Waals surface area contributed by atoms with E-state index in [-0.39, 0.29) is 18.2 Å². The lowest BCUT2D eigenvalue weighted by Gasteiger charge is -2.33. The Balaban J connectivity index is 1.55. The predicted octanol–water partition coefficient (Wildman–Crippen LogP) is 2.40. The van der Waals surface area contributed by atoms with Crippen LogP contribution < -0.4 is 10.2 Å². The summed E-state index contributed by atoms with van der Waals surface area (Å²) in [5.41, 5.74) is 2.33. The Labute approximate surface area is 150 Å². The number of carbonyl (C=O) groups is 1. The molecule has 6 nitrogen and oxygen atoms in total. The number of anilines is 1. The maximum atomic E-state index is 12.5. The number of piperidine rings is 1. The fourth-order valence-corrected chi connectivity index (χ4v) is 3.47. The standard InChI is InChI=1S/C19H29N3O3/c1-15(20-19(23)22-9-3-4-18(14-22)24-2)16-5-7-17(8-6-16)21-10-12-25-13-11-21/h5-8,15,18H,3-4,9-14H2,1-2H3,(H,20,23). The Kier molecular flexibility index (Phi) is 6.15. The van der Waals surface area contributed by atoms with Crippen LogP contribution in [-0.4, -0.2) is 63.5 Å². The van der Waals surface area contributed by atoms with Crippen molar-refractivity contribution >= 4 is 11.7 Å². The van der Waals surface area contributed by atoms with Crippen LogP contribution in [0.1, 0.15) is 31.4 Å². The number of morpholine rings is 1. The molecule has 25 heavy (non-hydrogen) atoms. The zero-order valence-electron chi connectivity index (χ0n) is 15.2. The van der Waals surface area contributed by atoms with Crippen molar-refractivity contribution in [3.63, 3.8) is 0 Å². The molecule has 2 heterocycles. The number of ether oxygens (including phenoxy) is 2. The quantitative estimate of drug-likeness (QED) is 0.909. The highest BCUT2D eigenvalue weighted by Crippen LogP contribution is 2.21. The van der Waals surface area contributed by atoms with Crippen molar-refractivity contribution < 1.29 is 14.3 Å². The smallest absolute Gasteiger partial charge is 0.317 e.